The highest BCUT2D eigenvalue weighted by Gasteiger charge is 2.35. The first-order valence-electron chi connectivity index (χ1n) is 11.5. The van der Waals surface area contributed by atoms with Gasteiger partial charge in [0.05, 0.1) is 11.4 Å². The third kappa shape index (κ3) is 4.46. The van der Waals surface area contributed by atoms with Crippen molar-refractivity contribution in [3.63, 3.8) is 0 Å². The van der Waals surface area contributed by atoms with Gasteiger partial charge in [-0.25, -0.2) is 4.79 Å². The predicted molar refractivity (Wildman–Crippen MR) is 143 cm³/mol. The van der Waals surface area contributed by atoms with E-state index in [1.54, 1.807) is 7.05 Å². The molecule has 3 N–H and O–H groups in total. The van der Waals surface area contributed by atoms with Gasteiger partial charge in [0.25, 0.3) is 0 Å². The van der Waals surface area contributed by atoms with Crippen molar-refractivity contribution in [2.24, 2.45) is 4.99 Å². The van der Waals surface area contributed by atoms with Crippen LogP contribution in [-0.4, -0.2) is 18.8 Å². The van der Waals surface area contributed by atoms with Crippen LogP contribution in [0.3, 0.4) is 0 Å². The van der Waals surface area contributed by atoms with E-state index in [9.17, 15) is 4.79 Å². The van der Waals surface area contributed by atoms with Gasteiger partial charge in [-0.05, 0) is 47.5 Å². The van der Waals surface area contributed by atoms with E-state index in [-0.39, 0.29) is 16.9 Å². The van der Waals surface area contributed by atoms with Crippen molar-refractivity contribution in [2.45, 2.75) is 38.5 Å². The highest BCUT2D eigenvalue weighted by atomic mass is 16.2. The third-order valence-electron chi connectivity index (χ3n) is 6.54. The molecule has 0 fully saturated rings. The van der Waals surface area contributed by atoms with Crippen molar-refractivity contribution >= 4 is 28.8 Å². The first-order valence-corrected chi connectivity index (χ1v) is 11.5. The fraction of sp³-hybridized carbons (Fsp3) is 0.241. The summed E-state index contributed by atoms with van der Waals surface area (Å²) in [5.74, 6) is 0. The van der Waals surface area contributed by atoms with E-state index in [2.05, 4.69) is 74.0 Å². The summed E-state index contributed by atoms with van der Waals surface area (Å²) in [7, 11) is 1.61. The Bertz CT molecular complexity index is 1260. The number of para-hydroxylation sites is 1. The van der Waals surface area contributed by atoms with Crippen molar-refractivity contribution in [3.05, 3.63) is 102 Å². The molecular weight excluding hydrogens is 420 g/mol. The van der Waals surface area contributed by atoms with Gasteiger partial charge in [0.1, 0.15) is 0 Å². The Kier molecular flexibility index (Phi) is 6.29. The van der Waals surface area contributed by atoms with Crippen LogP contribution in [-0.2, 0) is 10.8 Å². The average Bonchev–Trinajstić information content (AvgIpc) is 3.22. The fourth-order valence-corrected chi connectivity index (χ4v) is 4.38. The molecule has 0 bridgehead atoms. The molecule has 2 aromatic carbocycles. The summed E-state index contributed by atoms with van der Waals surface area (Å²) in [6.45, 7) is 8.78. The number of amides is 2. The van der Waals surface area contributed by atoms with Gasteiger partial charge in [0.2, 0.25) is 0 Å². The second-order valence-electron chi connectivity index (χ2n) is 9.56. The molecule has 0 aromatic heterocycles. The first kappa shape index (κ1) is 23.3. The van der Waals surface area contributed by atoms with Gasteiger partial charge < -0.3 is 16.0 Å². The predicted octanol–water partition coefficient (Wildman–Crippen LogP) is 6.76. The molecule has 34 heavy (non-hydrogen) atoms. The highest BCUT2D eigenvalue weighted by molar-refractivity contribution is 6.08. The van der Waals surface area contributed by atoms with Crippen LogP contribution in [0.15, 0.2) is 95.7 Å². The lowest BCUT2D eigenvalue weighted by atomic mass is 9.81. The molecule has 0 radical (unpaired) electrons. The maximum Gasteiger partial charge on any atom is 0.318 e. The number of nitrogens with one attached hydrogen (secondary N) is 3. The minimum absolute atomic E-state index is 0.0777. The standard InChI is InChI=1S/C29H32N4O/c1-28(2)21-13-11-12-14-23(21)32-25(28)15-9-7-6-8-10-16-26-29(3,4)22-19-20(31-27(34)30-5)17-18-24(22)33-26/h6-19,33H,1-5H3,(H2,30,31,34)/b7-6+,10-8+,15-9+,26-16+. The van der Waals surface area contributed by atoms with Crippen LogP contribution in [0.1, 0.15) is 38.8 Å². The molecule has 4 rings (SSSR count). The molecular formula is C29H32N4O. The number of aliphatic imine (C=N–C) groups is 1. The molecule has 0 atom stereocenters. The van der Waals surface area contributed by atoms with Crippen LogP contribution < -0.4 is 16.0 Å². The lowest BCUT2D eigenvalue weighted by Gasteiger charge is -2.20. The van der Waals surface area contributed by atoms with Crippen LogP contribution in [0.25, 0.3) is 0 Å². The van der Waals surface area contributed by atoms with Gasteiger partial charge in [0, 0.05) is 34.9 Å². The number of rotatable bonds is 5. The molecule has 0 saturated heterocycles. The van der Waals surface area contributed by atoms with Crippen LogP contribution in [0.4, 0.5) is 21.9 Å². The Morgan fingerprint density at radius 1 is 0.912 bits per heavy atom. The average molecular weight is 453 g/mol. The Labute approximate surface area is 202 Å². The summed E-state index contributed by atoms with van der Waals surface area (Å²) in [6, 6.07) is 14.0. The van der Waals surface area contributed by atoms with E-state index >= 15 is 0 Å². The molecule has 0 aliphatic carbocycles. The number of hydrogen-bond acceptors (Lipinski definition) is 3. The Morgan fingerprint density at radius 3 is 2.41 bits per heavy atom. The molecule has 2 aliphatic heterocycles. The van der Waals surface area contributed by atoms with Crippen LogP contribution in [0.5, 0.6) is 0 Å². The zero-order valence-corrected chi connectivity index (χ0v) is 20.4. The smallest absolute Gasteiger partial charge is 0.318 e. The molecule has 2 amide bonds. The van der Waals surface area contributed by atoms with Crippen molar-refractivity contribution in [1.82, 2.24) is 5.32 Å². The van der Waals surface area contributed by atoms with Gasteiger partial charge >= 0.3 is 6.03 Å². The SMILES string of the molecule is CNC(=O)Nc1ccc2c(c1)C(C)(C)\C(=C/C=C/C=C/C=C/C1=Nc3ccccc3C1(C)C)N2. The van der Waals surface area contributed by atoms with Crippen molar-refractivity contribution in [2.75, 3.05) is 17.7 Å². The maximum atomic E-state index is 11.6. The zero-order valence-electron chi connectivity index (χ0n) is 20.4. The van der Waals surface area contributed by atoms with Gasteiger partial charge in [-0.2, -0.15) is 0 Å². The maximum absolute atomic E-state index is 11.6. The van der Waals surface area contributed by atoms with Crippen LogP contribution in [0, 0.1) is 0 Å². The number of carbonyl (C=O) groups is 1. The molecule has 2 aromatic rings. The lowest BCUT2D eigenvalue weighted by molar-refractivity contribution is 0.254. The summed E-state index contributed by atoms with van der Waals surface area (Å²) in [4.78, 5) is 16.4. The molecule has 0 spiro atoms. The molecule has 174 valence electrons. The van der Waals surface area contributed by atoms with E-state index < -0.39 is 0 Å². The summed E-state index contributed by atoms with van der Waals surface area (Å²) in [5.41, 5.74) is 7.24. The molecule has 5 heteroatoms. The number of allylic oxidation sites excluding steroid dienone is 8. The van der Waals surface area contributed by atoms with E-state index in [0.29, 0.717) is 0 Å². The van der Waals surface area contributed by atoms with Gasteiger partial charge in [-0.3, -0.25) is 4.99 Å². The molecule has 5 nitrogen and oxygen atoms in total. The third-order valence-corrected chi connectivity index (χ3v) is 6.54. The number of fused-ring (bicyclic) bond motifs is 2. The minimum atomic E-state index is -0.226. The normalized spacial score (nSPS) is 18.9. The summed E-state index contributed by atoms with van der Waals surface area (Å²) in [5, 5.41) is 8.92. The first-order chi connectivity index (χ1) is 16.2. The number of hydrogen-bond donors (Lipinski definition) is 3. The Balaban J connectivity index is 1.39. The van der Waals surface area contributed by atoms with E-state index in [4.69, 9.17) is 4.99 Å². The number of urea groups is 1. The van der Waals surface area contributed by atoms with E-state index in [1.807, 2.05) is 54.6 Å². The van der Waals surface area contributed by atoms with E-state index in [1.165, 1.54) is 5.56 Å². The minimum Gasteiger partial charge on any atom is -0.358 e. The van der Waals surface area contributed by atoms with Crippen molar-refractivity contribution in [3.8, 4) is 0 Å². The quantitative estimate of drug-likeness (QED) is 0.439. The molecule has 0 saturated carbocycles. The second kappa shape index (κ2) is 9.18. The van der Waals surface area contributed by atoms with Gasteiger partial charge in [0.15, 0.2) is 0 Å². The Hall–Kier alpha value is -3.86. The zero-order chi connectivity index (χ0) is 24.3. The van der Waals surface area contributed by atoms with Crippen molar-refractivity contribution in [1.29, 1.82) is 0 Å². The monoisotopic (exact) mass is 452 g/mol. The fourth-order valence-electron chi connectivity index (χ4n) is 4.38. The van der Waals surface area contributed by atoms with Gasteiger partial charge in [-0.1, -0.05) is 76.3 Å². The largest absolute Gasteiger partial charge is 0.358 e. The highest BCUT2D eigenvalue weighted by Crippen LogP contribution is 2.44. The lowest BCUT2D eigenvalue weighted by Crippen LogP contribution is -2.24. The number of anilines is 2. The number of nitrogens with zero attached hydrogens (tertiary/aromatic N) is 1. The van der Waals surface area contributed by atoms with Gasteiger partial charge in [-0.15, -0.1) is 0 Å². The van der Waals surface area contributed by atoms with E-state index in [0.717, 1.165) is 34.0 Å². The summed E-state index contributed by atoms with van der Waals surface area (Å²) in [6.07, 6.45) is 14.3. The topological polar surface area (TPSA) is 65.5 Å². The second-order valence-corrected chi connectivity index (χ2v) is 9.56. The Morgan fingerprint density at radius 2 is 1.65 bits per heavy atom. The molecule has 2 aliphatic rings. The number of carbonyl (C=O) groups excluding carboxylic acids is 1. The van der Waals surface area contributed by atoms with Crippen molar-refractivity contribution < 1.29 is 4.79 Å². The van der Waals surface area contributed by atoms with Crippen LogP contribution in [0.2, 0.25) is 0 Å². The number of benzene rings is 2. The summed E-state index contributed by atoms with van der Waals surface area (Å²) >= 11 is 0. The molecule has 2 heterocycles. The summed E-state index contributed by atoms with van der Waals surface area (Å²) < 4.78 is 0. The molecule has 0 unspecified atom stereocenters. The van der Waals surface area contributed by atoms with Crippen LogP contribution >= 0.6 is 0 Å².